The van der Waals surface area contributed by atoms with Crippen LogP contribution >= 0.6 is 23.2 Å². The van der Waals surface area contributed by atoms with Crippen LogP contribution in [0.2, 0.25) is 10.0 Å². The van der Waals surface area contributed by atoms with Crippen molar-refractivity contribution in [1.82, 2.24) is 19.1 Å². The smallest absolute Gasteiger partial charge is 0.215 e. The van der Waals surface area contributed by atoms with Crippen molar-refractivity contribution in [2.45, 2.75) is 31.9 Å². The van der Waals surface area contributed by atoms with Crippen LogP contribution in [0.15, 0.2) is 73.6 Å². The molecule has 3 heterocycles. The van der Waals surface area contributed by atoms with Gasteiger partial charge in [-0.1, -0.05) is 29.3 Å². The number of aromatic nitrogens is 4. The molecule has 2 aromatic carbocycles. The lowest BCUT2D eigenvalue weighted by Gasteiger charge is -2.30. The van der Waals surface area contributed by atoms with E-state index in [4.69, 9.17) is 37.4 Å². The molecule has 0 unspecified atom stereocenters. The van der Waals surface area contributed by atoms with Crippen LogP contribution in [0.5, 0.6) is 5.75 Å². The van der Waals surface area contributed by atoms with Gasteiger partial charge in [-0.15, -0.1) is 0 Å². The lowest BCUT2D eigenvalue weighted by atomic mass is 10.1. The molecule has 176 valence electrons. The highest BCUT2D eigenvalue weighted by molar-refractivity contribution is 6.35. The largest absolute Gasteiger partial charge is 0.491 e. The maximum Gasteiger partial charge on any atom is 0.215 e. The highest BCUT2D eigenvalue weighted by Crippen LogP contribution is 2.40. The van der Waals surface area contributed by atoms with Crippen LogP contribution in [0.4, 0.5) is 0 Å². The lowest BCUT2D eigenvalue weighted by Crippen LogP contribution is -2.34. The summed E-state index contributed by atoms with van der Waals surface area (Å²) in [5.41, 5.74) is 1.75. The number of rotatable bonds is 8. The summed E-state index contributed by atoms with van der Waals surface area (Å²) >= 11 is 12.6. The van der Waals surface area contributed by atoms with Crippen LogP contribution in [0, 0.1) is 0 Å². The molecule has 0 saturated carbocycles. The molecule has 0 radical (unpaired) electrons. The summed E-state index contributed by atoms with van der Waals surface area (Å²) in [6, 6.07) is 13.2. The van der Waals surface area contributed by atoms with Crippen LogP contribution in [0.1, 0.15) is 12.5 Å². The fourth-order valence-corrected chi connectivity index (χ4v) is 4.64. The Balaban J connectivity index is 1.29. The van der Waals surface area contributed by atoms with Crippen LogP contribution < -0.4 is 4.74 Å². The predicted molar refractivity (Wildman–Crippen MR) is 130 cm³/mol. The van der Waals surface area contributed by atoms with E-state index < -0.39 is 5.79 Å². The fourth-order valence-electron chi connectivity index (χ4n) is 4.09. The molecule has 0 aliphatic carbocycles. The summed E-state index contributed by atoms with van der Waals surface area (Å²) in [6.07, 6.45) is 8.78. The zero-order valence-electron chi connectivity index (χ0n) is 18.6. The second kappa shape index (κ2) is 9.80. The Kier molecular flexibility index (Phi) is 6.61. The first-order valence-electron chi connectivity index (χ1n) is 11.0. The molecule has 2 atom stereocenters. The minimum atomic E-state index is -1.07. The quantitative estimate of drug-likeness (QED) is 0.324. The van der Waals surface area contributed by atoms with E-state index in [0.717, 1.165) is 23.7 Å². The number of nitrogens with zero attached hydrogens (tertiary/aromatic N) is 4. The van der Waals surface area contributed by atoms with Gasteiger partial charge in [0.2, 0.25) is 5.79 Å². The van der Waals surface area contributed by atoms with Gasteiger partial charge in [0.25, 0.3) is 0 Å². The summed E-state index contributed by atoms with van der Waals surface area (Å²) in [5, 5.41) is 1.03. The first kappa shape index (κ1) is 22.9. The van der Waals surface area contributed by atoms with Crippen molar-refractivity contribution >= 4 is 23.2 Å². The summed E-state index contributed by atoms with van der Waals surface area (Å²) in [6.45, 7) is 4.05. The fraction of sp³-hybridized carbons (Fsp3) is 0.280. The highest BCUT2D eigenvalue weighted by Gasteiger charge is 2.45. The molecule has 7 nitrogen and oxygen atoms in total. The third kappa shape index (κ3) is 4.70. The van der Waals surface area contributed by atoms with Crippen molar-refractivity contribution in [2.75, 3.05) is 13.2 Å². The highest BCUT2D eigenvalue weighted by atomic mass is 35.5. The topological polar surface area (TPSA) is 63.3 Å². The molecule has 0 amide bonds. The third-order valence-corrected chi connectivity index (χ3v) is 6.30. The SMILES string of the molecule is CCn1ccnc1-c1ccc(OC[C@@H]2CO[C@@](Cn3ccnc3)(c3ccc(Cl)cc3Cl)O2)cc1. The molecule has 4 aromatic rings. The van der Waals surface area contributed by atoms with Crippen LogP contribution in [0.3, 0.4) is 0 Å². The Morgan fingerprint density at radius 1 is 1.12 bits per heavy atom. The van der Waals surface area contributed by atoms with Gasteiger partial charge in [-0.3, -0.25) is 0 Å². The summed E-state index contributed by atoms with van der Waals surface area (Å²) in [7, 11) is 0. The van der Waals surface area contributed by atoms with Gasteiger partial charge < -0.3 is 23.3 Å². The lowest BCUT2D eigenvalue weighted by molar-refractivity contribution is -0.189. The van der Waals surface area contributed by atoms with E-state index >= 15 is 0 Å². The minimum Gasteiger partial charge on any atom is -0.491 e. The Bertz CT molecular complexity index is 1240. The van der Waals surface area contributed by atoms with Crippen molar-refractivity contribution in [2.24, 2.45) is 0 Å². The Hall–Kier alpha value is -2.84. The van der Waals surface area contributed by atoms with E-state index in [0.29, 0.717) is 35.4 Å². The standard InChI is InChI=1S/C25H24Cl2N4O3/c1-2-31-12-10-29-24(31)18-3-6-20(7-4-18)32-14-21-15-33-25(34-21,16-30-11-9-28-17-30)22-8-5-19(26)13-23(22)27/h3-13,17,21H,2,14-16H2,1H3/t21-,25-/m1/s1. The summed E-state index contributed by atoms with van der Waals surface area (Å²) in [4.78, 5) is 8.57. The number of halogens is 2. The monoisotopic (exact) mass is 498 g/mol. The molecule has 9 heteroatoms. The van der Waals surface area contributed by atoms with E-state index in [-0.39, 0.29) is 6.10 Å². The zero-order valence-corrected chi connectivity index (χ0v) is 20.1. The Labute approximate surface area is 207 Å². The van der Waals surface area contributed by atoms with E-state index in [1.165, 1.54) is 0 Å². The molecular weight excluding hydrogens is 475 g/mol. The summed E-state index contributed by atoms with van der Waals surface area (Å²) in [5.74, 6) is 0.613. The van der Waals surface area contributed by atoms with Crippen molar-refractivity contribution in [1.29, 1.82) is 0 Å². The molecule has 1 aliphatic rings. The first-order valence-corrected chi connectivity index (χ1v) is 11.8. The first-order chi connectivity index (χ1) is 16.6. The van der Waals surface area contributed by atoms with Gasteiger partial charge in [0.05, 0.1) is 24.5 Å². The number of aryl methyl sites for hydroxylation is 1. The molecule has 1 aliphatic heterocycles. The third-order valence-electron chi connectivity index (χ3n) is 5.76. The van der Waals surface area contributed by atoms with E-state index in [9.17, 15) is 0 Å². The zero-order chi connectivity index (χ0) is 23.5. The Morgan fingerprint density at radius 3 is 2.71 bits per heavy atom. The average molecular weight is 499 g/mol. The molecule has 0 spiro atoms. The van der Waals surface area contributed by atoms with E-state index in [1.807, 2.05) is 53.5 Å². The van der Waals surface area contributed by atoms with Crippen molar-refractivity contribution in [3.63, 3.8) is 0 Å². The molecule has 0 bridgehead atoms. The molecule has 1 fully saturated rings. The second-order valence-corrected chi connectivity index (χ2v) is 8.88. The van der Waals surface area contributed by atoms with Gasteiger partial charge in [-0.05, 0) is 43.3 Å². The van der Waals surface area contributed by atoms with Gasteiger partial charge in [-0.25, -0.2) is 9.97 Å². The molecular formula is C25H24Cl2N4O3. The maximum atomic E-state index is 6.53. The number of ether oxygens (including phenoxy) is 3. The average Bonchev–Trinajstić information content (AvgIpc) is 3.60. The van der Waals surface area contributed by atoms with Crippen LogP contribution in [-0.2, 0) is 28.4 Å². The van der Waals surface area contributed by atoms with Crippen molar-refractivity contribution < 1.29 is 14.2 Å². The summed E-state index contributed by atoms with van der Waals surface area (Å²) < 4.78 is 22.7. The minimum absolute atomic E-state index is 0.283. The van der Waals surface area contributed by atoms with Gasteiger partial charge in [0, 0.05) is 47.5 Å². The van der Waals surface area contributed by atoms with Gasteiger partial charge in [0.1, 0.15) is 24.3 Å². The van der Waals surface area contributed by atoms with E-state index in [1.54, 1.807) is 24.7 Å². The molecule has 5 rings (SSSR count). The van der Waals surface area contributed by atoms with Gasteiger partial charge in [-0.2, -0.15) is 0 Å². The number of hydrogen-bond donors (Lipinski definition) is 0. The predicted octanol–water partition coefficient (Wildman–Crippen LogP) is 5.42. The maximum absolute atomic E-state index is 6.53. The number of benzene rings is 2. The normalized spacial score (nSPS) is 20.0. The van der Waals surface area contributed by atoms with E-state index in [2.05, 4.69) is 21.5 Å². The van der Waals surface area contributed by atoms with Crippen molar-refractivity contribution in [3.05, 3.63) is 89.2 Å². The number of imidazole rings is 2. The molecule has 0 N–H and O–H groups in total. The molecule has 34 heavy (non-hydrogen) atoms. The Morgan fingerprint density at radius 2 is 1.97 bits per heavy atom. The van der Waals surface area contributed by atoms with Crippen LogP contribution in [-0.4, -0.2) is 38.4 Å². The second-order valence-electron chi connectivity index (χ2n) is 8.04. The van der Waals surface area contributed by atoms with Crippen LogP contribution in [0.25, 0.3) is 11.4 Å². The van der Waals surface area contributed by atoms with Crippen molar-refractivity contribution in [3.8, 4) is 17.1 Å². The molecule has 2 aromatic heterocycles. The van der Waals surface area contributed by atoms with Gasteiger partial charge >= 0.3 is 0 Å². The van der Waals surface area contributed by atoms with Gasteiger partial charge in [0.15, 0.2) is 0 Å². The number of hydrogen-bond acceptors (Lipinski definition) is 5. The molecule has 1 saturated heterocycles.